The van der Waals surface area contributed by atoms with Crippen molar-refractivity contribution in [2.45, 2.75) is 58.8 Å². The van der Waals surface area contributed by atoms with E-state index in [0.29, 0.717) is 32.4 Å². The molecule has 1 aromatic carbocycles. The molecule has 0 aliphatic heterocycles. The first-order valence-corrected chi connectivity index (χ1v) is 11.8. The van der Waals surface area contributed by atoms with Crippen LogP contribution in [-0.2, 0) is 9.59 Å². The van der Waals surface area contributed by atoms with Gasteiger partial charge in [0.1, 0.15) is 0 Å². The first-order valence-electron chi connectivity index (χ1n) is 11.8. The van der Waals surface area contributed by atoms with Crippen molar-refractivity contribution in [1.82, 2.24) is 10.6 Å². The number of rotatable bonds is 12. The van der Waals surface area contributed by atoms with E-state index in [1.54, 1.807) is 6.08 Å². The molecule has 1 aliphatic carbocycles. The molecule has 0 atom stereocenters. The molecule has 1 saturated carbocycles. The Morgan fingerprint density at radius 3 is 2.21 bits per heavy atom. The molecular weight excluding hydrogens is 428 g/mol. The van der Waals surface area contributed by atoms with Crippen LogP contribution in [0.15, 0.2) is 67.6 Å². The van der Waals surface area contributed by atoms with E-state index in [1.807, 2.05) is 13.0 Å². The number of nitrogens with one attached hydrogen (secondary N) is 2. The van der Waals surface area contributed by atoms with Gasteiger partial charge in [-0.2, -0.15) is 0 Å². The number of aliphatic hydroxyl groups is 1. The zero-order valence-corrected chi connectivity index (χ0v) is 20.7. The minimum Gasteiger partial charge on any atom is -0.513 e. The SMILES string of the molecule is C=C(O)CCN/C(=C/CC)CNC(=O)C1(CC(=O)O)CCCC1.C=CC(=C)c1ccc(C)cc1. The van der Waals surface area contributed by atoms with Gasteiger partial charge < -0.3 is 20.8 Å². The Bertz CT molecular complexity index is 878. The molecule has 4 N–H and O–H groups in total. The maximum absolute atomic E-state index is 12.5. The highest BCUT2D eigenvalue weighted by atomic mass is 16.4. The fraction of sp³-hybridized carbons (Fsp3) is 0.429. The molecule has 1 amide bonds. The predicted molar refractivity (Wildman–Crippen MR) is 139 cm³/mol. The average Bonchev–Trinajstić information content (AvgIpc) is 3.26. The monoisotopic (exact) mass is 468 g/mol. The number of aryl methyl sites for hydroxylation is 1. The second-order valence-electron chi connectivity index (χ2n) is 8.72. The summed E-state index contributed by atoms with van der Waals surface area (Å²) in [6.45, 7) is 15.9. The molecule has 34 heavy (non-hydrogen) atoms. The van der Waals surface area contributed by atoms with Crippen LogP contribution in [-0.4, -0.2) is 35.2 Å². The zero-order valence-electron chi connectivity index (χ0n) is 20.7. The van der Waals surface area contributed by atoms with Crippen LogP contribution in [0.3, 0.4) is 0 Å². The van der Waals surface area contributed by atoms with Crippen molar-refractivity contribution in [2.75, 3.05) is 13.1 Å². The number of amides is 1. The van der Waals surface area contributed by atoms with E-state index in [0.717, 1.165) is 36.1 Å². The molecule has 1 fully saturated rings. The number of aliphatic hydroxyl groups excluding tert-OH is 1. The third kappa shape index (κ3) is 10.1. The summed E-state index contributed by atoms with van der Waals surface area (Å²) >= 11 is 0. The summed E-state index contributed by atoms with van der Waals surface area (Å²) in [5.74, 6) is -0.984. The van der Waals surface area contributed by atoms with E-state index in [2.05, 4.69) is 61.6 Å². The standard InChI is InChI=1S/C17H28N2O4.C11H12/c1-3-6-14(18-10-7-13(2)20)12-19-16(23)17(11-15(21)22)8-4-5-9-17;1-4-10(3)11-7-5-9(2)6-8-11/h6,18,20H,2-5,7-12H2,1H3,(H,19,23)(H,21,22);4-8H,1,3H2,2H3/b14-6+;. The van der Waals surface area contributed by atoms with Crippen LogP contribution in [0, 0.1) is 12.3 Å². The molecule has 0 radical (unpaired) electrons. The van der Waals surface area contributed by atoms with Gasteiger partial charge in [0, 0.05) is 18.7 Å². The van der Waals surface area contributed by atoms with Crippen LogP contribution in [0.4, 0.5) is 0 Å². The third-order valence-electron chi connectivity index (χ3n) is 5.86. The quantitative estimate of drug-likeness (QED) is 0.234. The van der Waals surface area contributed by atoms with Crippen LogP contribution < -0.4 is 10.6 Å². The lowest BCUT2D eigenvalue weighted by Gasteiger charge is -2.26. The third-order valence-corrected chi connectivity index (χ3v) is 5.86. The van der Waals surface area contributed by atoms with Crippen molar-refractivity contribution < 1.29 is 19.8 Å². The molecule has 0 heterocycles. The number of aliphatic carboxylic acids is 1. The smallest absolute Gasteiger partial charge is 0.304 e. The number of carboxylic acid groups (broad SMARTS) is 1. The number of hydrogen-bond donors (Lipinski definition) is 4. The zero-order chi connectivity index (χ0) is 25.6. The second kappa shape index (κ2) is 14.8. The number of allylic oxidation sites excluding steroid dienone is 3. The van der Waals surface area contributed by atoms with Gasteiger partial charge in [0.05, 0.1) is 24.1 Å². The summed E-state index contributed by atoms with van der Waals surface area (Å²) in [7, 11) is 0. The largest absolute Gasteiger partial charge is 0.513 e. The molecule has 6 heteroatoms. The first kappa shape index (κ1) is 28.8. The topological polar surface area (TPSA) is 98.7 Å². The van der Waals surface area contributed by atoms with Crippen LogP contribution >= 0.6 is 0 Å². The summed E-state index contributed by atoms with van der Waals surface area (Å²) < 4.78 is 0. The molecular formula is C28H40N2O4. The predicted octanol–water partition coefficient (Wildman–Crippen LogP) is 5.68. The van der Waals surface area contributed by atoms with Gasteiger partial charge in [-0.1, -0.05) is 81.5 Å². The summed E-state index contributed by atoms with van der Waals surface area (Å²) in [5.41, 5.74) is 3.49. The van der Waals surface area contributed by atoms with Crippen LogP contribution in [0.5, 0.6) is 0 Å². The van der Waals surface area contributed by atoms with Crippen molar-refractivity contribution in [1.29, 1.82) is 0 Å². The van der Waals surface area contributed by atoms with Gasteiger partial charge in [-0.3, -0.25) is 9.59 Å². The van der Waals surface area contributed by atoms with Gasteiger partial charge in [0.2, 0.25) is 5.91 Å². The van der Waals surface area contributed by atoms with E-state index in [9.17, 15) is 9.59 Å². The van der Waals surface area contributed by atoms with Crippen molar-refractivity contribution >= 4 is 17.4 Å². The number of carbonyl (C=O) groups is 2. The van der Waals surface area contributed by atoms with E-state index in [1.165, 1.54) is 5.56 Å². The highest BCUT2D eigenvalue weighted by Crippen LogP contribution is 2.41. The van der Waals surface area contributed by atoms with Gasteiger partial charge in [0.25, 0.3) is 0 Å². The fourth-order valence-corrected chi connectivity index (χ4v) is 3.89. The summed E-state index contributed by atoms with van der Waals surface area (Å²) in [6.07, 6.45) is 7.96. The number of hydrogen-bond acceptors (Lipinski definition) is 4. The van der Waals surface area contributed by atoms with E-state index < -0.39 is 11.4 Å². The van der Waals surface area contributed by atoms with Crippen molar-refractivity contribution in [3.63, 3.8) is 0 Å². The van der Waals surface area contributed by atoms with Crippen molar-refractivity contribution in [3.8, 4) is 0 Å². The van der Waals surface area contributed by atoms with Crippen molar-refractivity contribution in [2.24, 2.45) is 5.41 Å². The van der Waals surface area contributed by atoms with Crippen LogP contribution in [0.2, 0.25) is 0 Å². The first-order chi connectivity index (χ1) is 16.1. The Morgan fingerprint density at radius 2 is 1.71 bits per heavy atom. The number of carbonyl (C=O) groups excluding carboxylic acids is 1. The number of carboxylic acids is 1. The molecule has 1 aromatic rings. The lowest BCUT2D eigenvalue weighted by molar-refractivity contribution is -0.145. The molecule has 0 spiro atoms. The molecule has 0 aromatic heterocycles. The molecule has 186 valence electrons. The highest BCUT2D eigenvalue weighted by molar-refractivity contribution is 5.87. The van der Waals surface area contributed by atoms with Crippen molar-refractivity contribution in [3.05, 3.63) is 78.7 Å². The maximum Gasteiger partial charge on any atom is 0.304 e. The summed E-state index contributed by atoms with van der Waals surface area (Å²) in [6, 6.07) is 8.26. The Hall–Kier alpha value is -3.28. The van der Waals surface area contributed by atoms with Gasteiger partial charge in [0.15, 0.2) is 0 Å². The van der Waals surface area contributed by atoms with E-state index >= 15 is 0 Å². The molecule has 0 saturated heterocycles. The van der Waals surface area contributed by atoms with Crippen LogP contribution in [0.1, 0.15) is 63.0 Å². The fourth-order valence-electron chi connectivity index (χ4n) is 3.89. The summed E-state index contributed by atoms with van der Waals surface area (Å²) in [4.78, 5) is 23.6. The van der Waals surface area contributed by atoms with E-state index in [-0.39, 0.29) is 18.1 Å². The lowest BCUT2D eigenvalue weighted by Crippen LogP contribution is -2.42. The molecule has 2 rings (SSSR count). The average molecular weight is 469 g/mol. The second-order valence-corrected chi connectivity index (χ2v) is 8.72. The Balaban J connectivity index is 0.000000437. The molecule has 0 unspecified atom stereocenters. The minimum absolute atomic E-state index is 0.108. The highest BCUT2D eigenvalue weighted by Gasteiger charge is 2.42. The molecule has 6 nitrogen and oxygen atoms in total. The summed E-state index contributed by atoms with van der Waals surface area (Å²) in [5, 5.41) is 24.2. The molecule has 1 aliphatic rings. The van der Waals surface area contributed by atoms with Gasteiger partial charge in [-0.05, 0) is 37.3 Å². The minimum atomic E-state index is -0.925. The van der Waals surface area contributed by atoms with Gasteiger partial charge >= 0.3 is 5.97 Å². The normalized spacial score (nSPS) is 14.4. The Morgan fingerprint density at radius 1 is 1.09 bits per heavy atom. The van der Waals surface area contributed by atoms with Gasteiger partial charge in [-0.25, -0.2) is 0 Å². The van der Waals surface area contributed by atoms with Gasteiger partial charge in [-0.15, -0.1) is 0 Å². The number of benzene rings is 1. The molecule has 0 bridgehead atoms. The Labute approximate surface area is 204 Å². The Kier molecular flexibility index (Phi) is 12.5. The van der Waals surface area contributed by atoms with Crippen LogP contribution in [0.25, 0.3) is 5.57 Å². The maximum atomic E-state index is 12.5. The lowest BCUT2D eigenvalue weighted by atomic mass is 9.81. The van der Waals surface area contributed by atoms with E-state index in [4.69, 9.17) is 10.2 Å².